The molecule has 2 aromatic rings. The molecule has 41 heavy (non-hydrogen) atoms. The minimum absolute atomic E-state index is 0.0302. The van der Waals surface area contributed by atoms with Crippen LogP contribution in [0.5, 0.6) is 5.88 Å². The van der Waals surface area contributed by atoms with Crippen molar-refractivity contribution in [1.82, 2.24) is 25.1 Å². The molecule has 2 aliphatic heterocycles. The second kappa shape index (κ2) is 12.6. The van der Waals surface area contributed by atoms with Crippen LogP contribution in [0.15, 0.2) is 18.5 Å². The number of rotatable bonds is 9. The van der Waals surface area contributed by atoms with Crippen LogP contribution < -0.4 is 14.5 Å². The molecule has 2 fully saturated rings. The first-order valence-electron chi connectivity index (χ1n) is 13.3. The van der Waals surface area contributed by atoms with Gasteiger partial charge in [-0.3, -0.25) is 4.79 Å². The van der Waals surface area contributed by atoms with Crippen LogP contribution in [0.2, 0.25) is 0 Å². The smallest absolute Gasteiger partial charge is 0.421 e. The second-order valence-corrected chi connectivity index (χ2v) is 9.94. The molecule has 0 aromatic carbocycles. The number of carbonyl (C=O) groups is 1. The second-order valence-electron chi connectivity index (χ2n) is 9.94. The summed E-state index contributed by atoms with van der Waals surface area (Å²) in [6.07, 6.45) is -7.65. The maximum absolute atomic E-state index is 14.4. The fourth-order valence-electron chi connectivity index (χ4n) is 4.78. The Kier molecular flexibility index (Phi) is 9.37. The first-order chi connectivity index (χ1) is 19.4. The minimum Gasteiger partial charge on any atom is -0.476 e. The minimum atomic E-state index is -4.75. The van der Waals surface area contributed by atoms with E-state index in [2.05, 4.69) is 20.2 Å². The number of halogens is 7. The first kappa shape index (κ1) is 30.5. The molecule has 4 heterocycles. The van der Waals surface area contributed by atoms with Crippen LogP contribution >= 0.6 is 0 Å². The Morgan fingerprint density at radius 1 is 1.02 bits per heavy atom. The number of carbonyl (C=O) groups excluding carboxylic acids is 1. The van der Waals surface area contributed by atoms with E-state index in [4.69, 9.17) is 4.74 Å². The number of alkyl halides is 7. The third-order valence-electron chi connectivity index (χ3n) is 7.02. The molecule has 9 nitrogen and oxygen atoms in total. The van der Waals surface area contributed by atoms with Crippen molar-refractivity contribution >= 4 is 17.7 Å². The van der Waals surface area contributed by atoms with Gasteiger partial charge >= 0.3 is 12.4 Å². The molecule has 0 radical (unpaired) electrons. The summed E-state index contributed by atoms with van der Waals surface area (Å²) in [5.74, 6) is -0.857. The zero-order valence-corrected chi connectivity index (χ0v) is 22.3. The molecule has 4 rings (SSSR count). The lowest BCUT2D eigenvalue weighted by molar-refractivity contribution is -0.139. The lowest BCUT2D eigenvalue weighted by atomic mass is 10.1. The van der Waals surface area contributed by atoms with Gasteiger partial charge in [-0.05, 0) is 12.8 Å². The summed E-state index contributed by atoms with van der Waals surface area (Å²) in [6, 6.07) is 0.252. The Labute approximate surface area is 231 Å². The average Bonchev–Trinajstić information content (AvgIpc) is 3.31. The standard InChI is InChI=1S/C25H30F7N7O2/c1-2-3-10-41-22-19(25(30,31)32)12-20(35-36-22)39-15-17(26)11-18(39)4-5-21(40)37-6-8-38(9-7-37)23-33-13-16(14-34-23)24(27,28)29/h12-14,17-18H,2-11,15H2,1H3/t17-,18-/m1/s1. The molecular weight excluding hydrogens is 563 g/mol. The molecule has 0 unspecified atom stereocenters. The van der Waals surface area contributed by atoms with Crippen molar-refractivity contribution in [3.8, 4) is 5.88 Å². The van der Waals surface area contributed by atoms with E-state index >= 15 is 0 Å². The zero-order valence-electron chi connectivity index (χ0n) is 22.3. The normalized spacial score (nSPS) is 20.0. The van der Waals surface area contributed by atoms with E-state index in [0.29, 0.717) is 31.9 Å². The van der Waals surface area contributed by atoms with Gasteiger partial charge in [-0.15, -0.1) is 10.2 Å². The zero-order chi connectivity index (χ0) is 29.8. The number of aromatic nitrogens is 4. The third-order valence-corrected chi connectivity index (χ3v) is 7.02. The van der Waals surface area contributed by atoms with Crippen LogP contribution in [-0.2, 0) is 17.1 Å². The van der Waals surface area contributed by atoms with Crippen molar-refractivity contribution in [3.63, 3.8) is 0 Å². The number of anilines is 2. The van der Waals surface area contributed by atoms with E-state index in [1.807, 2.05) is 6.92 Å². The molecule has 2 saturated heterocycles. The first-order valence-corrected chi connectivity index (χ1v) is 13.3. The molecule has 2 aromatic heterocycles. The summed E-state index contributed by atoms with van der Waals surface area (Å²) in [4.78, 5) is 25.1. The number of ether oxygens (including phenoxy) is 1. The van der Waals surface area contributed by atoms with Crippen LogP contribution in [-0.4, -0.2) is 82.5 Å². The predicted octanol–water partition coefficient (Wildman–Crippen LogP) is 4.53. The fourth-order valence-corrected chi connectivity index (χ4v) is 4.78. The topological polar surface area (TPSA) is 87.6 Å². The number of hydrogen-bond acceptors (Lipinski definition) is 8. The highest BCUT2D eigenvalue weighted by atomic mass is 19.4. The molecule has 0 saturated carbocycles. The Balaban J connectivity index is 1.34. The monoisotopic (exact) mass is 593 g/mol. The van der Waals surface area contributed by atoms with Crippen LogP contribution in [0, 0.1) is 0 Å². The summed E-state index contributed by atoms with van der Waals surface area (Å²) in [5, 5.41) is 7.52. The molecule has 226 valence electrons. The third kappa shape index (κ3) is 7.64. The van der Waals surface area contributed by atoms with Crippen molar-refractivity contribution in [2.24, 2.45) is 0 Å². The SMILES string of the molecule is CCCCOc1nnc(N2C[C@H](F)C[C@H]2CCC(=O)N2CCN(c3ncc(C(F)(F)F)cn3)CC2)cc1C(F)(F)F. The number of amides is 1. The van der Waals surface area contributed by atoms with E-state index in [1.165, 1.54) is 4.90 Å². The lowest BCUT2D eigenvalue weighted by Crippen LogP contribution is -2.49. The van der Waals surface area contributed by atoms with E-state index in [1.54, 1.807) is 9.80 Å². The van der Waals surface area contributed by atoms with Crippen LogP contribution in [0.3, 0.4) is 0 Å². The Morgan fingerprint density at radius 2 is 1.71 bits per heavy atom. The van der Waals surface area contributed by atoms with Gasteiger partial charge in [-0.2, -0.15) is 26.3 Å². The Bertz CT molecular complexity index is 1170. The Morgan fingerprint density at radius 3 is 2.32 bits per heavy atom. The molecule has 2 aliphatic rings. The van der Waals surface area contributed by atoms with Crippen molar-refractivity contribution in [3.05, 3.63) is 29.6 Å². The van der Waals surface area contributed by atoms with Gasteiger partial charge < -0.3 is 19.4 Å². The molecule has 0 spiro atoms. The molecular formula is C25H30F7N7O2. The van der Waals surface area contributed by atoms with Gasteiger partial charge in [0.2, 0.25) is 17.7 Å². The van der Waals surface area contributed by atoms with Gasteiger partial charge in [0.25, 0.3) is 0 Å². The van der Waals surface area contributed by atoms with Crippen molar-refractivity contribution in [1.29, 1.82) is 0 Å². The quantitative estimate of drug-likeness (QED) is 0.310. The van der Waals surface area contributed by atoms with E-state index < -0.39 is 41.6 Å². The van der Waals surface area contributed by atoms with Crippen molar-refractivity contribution in [2.75, 3.05) is 49.1 Å². The molecule has 1 amide bonds. The highest BCUT2D eigenvalue weighted by molar-refractivity contribution is 5.76. The maximum Gasteiger partial charge on any atom is 0.421 e. The molecule has 0 bridgehead atoms. The number of piperazine rings is 1. The molecule has 2 atom stereocenters. The van der Waals surface area contributed by atoms with Crippen molar-refractivity contribution in [2.45, 2.75) is 63.6 Å². The highest BCUT2D eigenvalue weighted by Crippen LogP contribution is 2.38. The van der Waals surface area contributed by atoms with Gasteiger partial charge in [0, 0.05) is 63.5 Å². The number of nitrogens with zero attached hydrogens (tertiary/aromatic N) is 7. The maximum atomic E-state index is 14.4. The molecule has 0 aliphatic carbocycles. The van der Waals surface area contributed by atoms with Gasteiger partial charge in [0.1, 0.15) is 11.7 Å². The molecule has 0 N–H and O–H groups in total. The van der Waals surface area contributed by atoms with Gasteiger partial charge in [-0.25, -0.2) is 14.4 Å². The summed E-state index contributed by atoms with van der Waals surface area (Å²) in [5.41, 5.74) is -2.05. The largest absolute Gasteiger partial charge is 0.476 e. The van der Waals surface area contributed by atoms with Crippen LogP contribution in [0.25, 0.3) is 0 Å². The van der Waals surface area contributed by atoms with Gasteiger partial charge in [0.15, 0.2) is 5.82 Å². The van der Waals surface area contributed by atoms with Crippen LogP contribution in [0.4, 0.5) is 42.5 Å². The van der Waals surface area contributed by atoms with E-state index in [0.717, 1.165) is 12.5 Å². The van der Waals surface area contributed by atoms with E-state index in [9.17, 15) is 35.5 Å². The Hall–Kier alpha value is -3.46. The summed E-state index contributed by atoms with van der Waals surface area (Å²) in [6.45, 7) is 2.93. The van der Waals surface area contributed by atoms with Gasteiger partial charge in [0.05, 0.1) is 18.7 Å². The summed E-state index contributed by atoms with van der Waals surface area (Å²) < 4.78 is 98.9. The lowest BCUT2D eigenvalue weighted by Gasteiger charge is -2.35. The van der Waals surface area contributed by atoms with Crippen molar-refractivity contribution < 1.29 is 40.3 Å². The number of unbranched alkanes of at least 4 members (excludes halogenated alkanes) is 1. The summed E-state index contributed by atoms with van der Waals surface area (Å²) >= 11 is 0. The highest BCUT2D eigenvalue weighted by Gasteiger charge is 2.39. The van der Waals surface area contributed by atoms with E-state index in [-0.39, 0.29) is 63.2 Å². The predicted molar refractivity (Wildman–Crippen MR) is 133 cm³/mol. The molecule has 16 heteroatoms. The average molecular weight is 594 g/mol. The number of hydrogen-bond donors (Lipinski definition) is 0. The summed E-state index contributed by atoms with van der Waals surface area (Å²) in [7, 11) is 0. The van der Waals surface area contributed by atoms with Gasteiger partial charge in [-0.1, -0.05) is 13.3 Å². The fraction of sp³-hybridized carbons (Fsp3) is 0.640. The van der Waals surface area contributed by atoms with Crippen LogP contribution in [0.1, 0.15) is 50.2 Å².